The van der Waals surface area contributed by atoms with Gasteiger partial charge in [-0.1, -0.05) is 11.6 Å². The molecule has 0 bridgehead atoms. The van der Waals surface area contributed by atoms with Crippen LogP contribution in [0.1, 0.15) is 5.69 Å². The topological polar surface area (TPSA) is 85.5 Å². The fraction of sp³-hybridized carbons (Fsp3) is 0.267. The molecule has 10 heteroatoms. The number of hydrogen-bond donors (Lipinski definition) is 1. The first-order valence-electron chi connectivity index (χ1n) is 6.82. The van der Waals surface area contributed by atoms with Gasteiger partial charge in [-0.05, 0) is 30.3 Å². The lowest BCUT2D eigenvalue weighted by Gasteiger charge is -2.23. The second-order valence-corrected chi connectivity index (χ2v) is 5.50. The van der Waals surface area contributed by atoms with E-state index in [9.17, 15) is 28.4 Å². The van der Waals surface area contributed by atoms with Crippen LogP contribution in [0.15, 0.2) is 30.3 Å². The minimum atomic E-state index is -3.46. The summed E-state index contributed by atoms with van der Waals surface area (Å²) < 4.78 is 44.9. The number of alkyl halides is 2. The second-order valence-electron chi connectivity index (χ2n) is 5.09. The zero-order chi connectivity index (χ0) is 18.8. The van der Waals surface area contributed by atoms with E-state index in [0.717, 1.165) is 12.1 Å². The van der Waals surface area contributed by atoms with Gasteiger partial charge in [0.05, 0.1) is 17.8 Å². The Morgan fingerprint density at radius 2 is 2.08 bits per heavy atom. The van der Waals surface area contributed by atoms with E-state index in [1.807, 2.05) is 0 Å². The van der Waals surface area contributed by atoms with Crippen LogP contribution >= 0.6 is 11.6 Å². The lowest BCUT2D eigenvalue weighted by atomic mass is 9.98. The molecule has 134 valence electrons. The van der Waals surface area contributed by atoms with Crippen molar-refractivity contribution in [1.29, 1.82) is 0 Å². The van der Waals surface area contributed by atoms with Crippen molar-refractivity contribution < 1.29 is 27.9 Å². The number of aromatic nitrogens is 1. The van der Waals surface area contributed by atoms with Crippen LogP contribution in [-0.2, 0) is 5.60 Å². The number of methoxy groups -OCH3 is 1. The van der Waals surface area contributed by atoms with E-state index in [1.54, 1.807) is 0 Å². The molecule has 0 aliphatic rings. The maximum atomic E-state index is 13.3. The van der Waals surface area contributed by atoms with Gasteiger partial charge in [-0.15, -0.1) is 0 Å². The van der Waals surface area contributed by atoms with Crippen LogP contribution in [0.25, 0.3) is 11.3 Å². The SMILES string of the molecule is COc1ccc(C(O)(C[N+](=O)[O-])C(F)F)nc1-c1ccc(F)c(Cl)c1. The molecule has 0 saturated heterocycles. The molecule has 0 aliphatic heterocycles. The van der Waals surface area contributed by atoms with Gasteiger partial charge < -0.3 is 9.84 Å². The predicted octanol–water partition coefficient (Wildman–Crippen LogP) is 3.28. The number of ether oxygens (including phenoxy) is 1. The Labute approximate surface area is 145 Å². The molecule has 1 aromatic heterocycles. The number of hydrogen-bond acceptors (Lipinski definition) is 5. The summed E-state index contributed by atoms with van der Waals surface area (Å²) in [4.78, 5) is 13.5. The molecule has 2 aromatic rings. The Bertz CT molecular complexity index is 806. The molecule has 0 fully saturated rings. The van der Waals surface area contributed by atoms with Crippen LogP contribution < -0.4 is 4.74 Å². The van der Waals surface area contributed by atoms with Crippen molar-refractivity contribution in [3.8, 4) is 17.0 Å². The van der Waals surface area contributed by atoms with Gasteiger partial charge in [0.25, 0.3) is 6.43 Å². The lowest BCUT2D eigenvalue weighted by Crippen LogP contribution is -2.42. The molecule has 0 aliphatic carbocycles. The maximum absolute atomic E-state index is 13.3. The number of pyridine rings is 1. The van der Waals surface area contributed by atoms with E-state index >= 15 is 0 Å². The molecule has 2 rings (SSSR count). The minimum absolute atomic E-state index is 0.0238. The summed E-state index contributed by atoms with van der Waals surface area (Å²) in [6.45, 7) is -1.44. The maximum Gasteiger partial charge on any atom is 0.279 e. The van der Waals surface area contributed by atoms with Crippen molar-refractivity contribution in [2.45, 2.75) is 12.0 Å². The van der Waals surface area contributed by atoms with Crippen LogP contribution in [0.4, 0.5) is 13.2 Å². The average molecular weight is 377 g/mol. The second kappa shape index (κ2) is 7.24. The standard InChI is InChI=1S/C15H12ClF3N2O4/c1-25-11-4-5-12(15(22,14(18)19)7-21(23)24)20-13(11)8-2-3-10(17)9(16)6-8/h2-6,14,22H,7H2,1H3. The monoisotopic (exact) mass is 376 g/mol. The summed E-state index contributed by atoms with van der Waals surface area (Å²) in [6.07, 6.45) is -3.46. The molecule has 1 heterocycles. The van der Waals surface area contributed by atoms with Gasteiger partial charge in [0.1, 0.15) is 17.3 Å². The molecule has 0 spiro atoms. The average Bonchev–Trinajstić information content (AvgIpc) is 2.56. The van der Waals surface area contributed by atoms with Crippen LogP contribution in [-0.4, -0.2) is 35.1 Å². The highest BCUT2D eigenvalue weighted by molar-refractivity contribution is 6.31. The summed E-state index contributed by atoms with van der Waals surface area (Å²) in [7, 11) is 1.29. The molecule has 1 unspecified atom stereocenters. The van der Waals surface area contributed by atoms with E-state index in [2.05, 4.69) is 4.98 Å². The van der Waals surface area contributed by atoms with Crippen LogP contribution in [0.3, 0.4) is 0 Å². The highest BCUT2D eigenvalue weighted by atomic mass is 35.5. The molecular formula is C15H12ClF3N2O4. The largest absolute Gasteiger partial charge is 0.494 e. The van der Waals surface area contributed by atoms with Crippen LogP contribution in [0, 0.1) is 15.9 Å². The van der Waals surface area contributed by atoms with Gasteiger partial charge >= 0.3 is 0 Å². The van der Waals surface area contributed by atoms with E-state index in [-0.39, 0.29) is 22.0 Å². The summed E-state index contributed by atoms with van der Waals surface area (Å²) in [6, 6.07) is 5.75. The zero-order valence-corrected chi connectivity index (χ0v) is 13.5. The zero-order valence-electron chi connectivity index (χ0n) is 12.7. The van der Waals surface area contributed by atoms with Gasteiger partial charge in [-0.3, -0.25) is 10.1 Å². The third-order valence-electron chi connectivity index (χ3n) is 3.45. The molecule has 0 saturated carbocycles. The quantitative estimate of drug-likeness (QED) is 0.617. The van der Waals surface area contributed by atoms with Gasteiger partial charge in [0.2, 0.25) is 12.1 Å². The van der Waals surface area contributed by atoms with Gasteiger partial charge in [-0.2, -0.15) is 0 Å². The summed E-state index contributed by atoms with van der Waals surface area (Å²) >= 11 is 5.71. The molecule has 25 heavy (non-hydrogen) atoms. The molecular weight excluding hydrogens is 365 g/mol. The normalized spacial score (nSPS) is 13.6. The Hall–Kier alpha value is -2.39. The first kappa shape index (κ1) is 18.9. The van der Waals surface area contributed by atoms with E-state index < -0.39 is 35.0 Å². The molecule has 0 radical (unpaired) electrons. The van der Waals surface area contributed by atoms with E-state index in [4.69, 9.17) is 16.3 Å². The third-order valence-corrected chi connectivity index (χ3v) is 3.74. The van der Waals surface area contributed by atoms with Crippen molar-refractivity contribution in [3.05, 3.63) is 57.0 Å². The Balaban J connectivity index is 2.63. The summed E-state index contributed by atoms with van der Waals surface area (Å²) in [5, 5.41) is 20.5. The third kappa shape index (κ3) is 3.83. The number of benzene rings is 1. The first-order valence-corrected chi connectivity index (χ1v) is 7.20. The smallest absolute Gasteiger partial charge is 0.279 e. The molecule has 6 nitrogen and oxygen atoms in total. The van der Waals surface area contributed by atoms with Crippen molar-refractivity contribution in [1.82, 2.24) is 4.98 Å². The van der Waals surface area contributed by atoms with E-state index in [0.29, 0.717) is 0 Å². The van der Waals surface area contributed by atoms with Crippen molar-refractivity contribution in [2.24, 2.45) is 0 Å². The van der Waals surface area contributed by atoms with Crippen molar-refractivity contribution in [3.63, 3.8) is 0 Å². The van der Waals surface area contributed by atoms with Crippen LogP contribution in [0.2, 0.25) is 5.02 Å². The van der Waals surface area contributed by atoms with Gasteiger partial charge in [0.15, 0.2) is 0 Å². The molecule has 1 atom stereocenters. The first-order chi connectivity index (χ1) is 11.7. The summed E-state index contributed by atoms with van der Waals surface area (Å²) in [5.74, 6) is -0.567. The van der Waals surface area contributed by atoms with Crippen molar-refractivity contribution >= 4 is 11.6 Å². The number of aliphatic hydroxyl groups is 1. The van der Waals surface area contributed by atoms with E-state index in [1.165, 1.54) is 25.3 Å². The Morgan fingerprint density at radius 1 is 1.40 bits per heavy atom. The molecule has 0 amide bonds. The predicted molar refractivity (Wildman–Crippen MR) is 83.0 cm³/mol. The van der Waals surface area contributed by atoms with Crippen LogP contribution in [0.5, 0.6) is 5.75 Å². The highest BCUT2D eigenvalue weighted by Crippen LogP contribution is 2.35. The Morgan fingerprint density at radius 3 is 2.60 bits per heavy atom. The van der Waals surface area contributed by atoms with Gasteiger partial charge in [0, 0.05) is 10.5 Å². The van der Waals surface area contributed by atoms with Gasteiger partial charge in [-0.25, -0.2) is 18.2 Å². The number of nitrogens with zero attached hydrogens (tertiary/aromatic N) is 2. The Kier molecular flexibility index (Phi) is 5.48. The minimum Gasteiger partial charge on any atom is -0.494 e. The molecule has 1 aromatic carbocycles. The van der Waals surface area contributed by atoms with Crippen molar-refractivity contribution in [2.75, 3.05) is 13.7 Å². The fourth-order valence-corrected chi connectivity index (χ4v) is 2.34. The highest BCUT2D eigenvalue weighted by Gasteiger charge is 2.46. The fourth-order valence-electron chi connectivity index (χ4n) is 2.16. The summed E-state index contributed by atoms with van der Waals surface area (Å²) in [5.41, 5.74) is -3.50. The molecule has 1 N–H and O–H groups in total. The number of rotatable bonds is 6. The number of nitro groups is 1. The number of halogens is 4. The lowest BCUT2D eigenvalue weighted by molar-refractivity contribution is -0.508.